The minimum atomic E-state index is -0.627. The summed E-state index contributed by atoms with van der Waals surface area (Å²) in [6.07, 6.45) is 0. The maximum Gasteiger partial charge on any atom is 0.325 e. The summed E-state index contributed by atoms with van der Waals surface area (Å²) in [4.78, 5) is 24.4. The number of carbonyl (C=O) groups is 2. The highest BCUT2D eigenvalue weighted by Crippen LogP contribution is 2.16. The van der Waals surface area contributed by atoms with Crippen LogP contribution in [-0.2, 0) is 9.53 Å². The molecule has 0 atom stereocenters. The lowest BCUT2D eigenvalue weighted by molar-refractivity contribution is -0.141. The molecule has 0 fully saturated rings. The van der Waals surface area contributed by atoms with Crippen LogP contribution in [0.3, 0.4) is 0 Å². The number of amides is 1. The van der Waals surface area contributed by atoms with Crippen LogP contribution in [0.4, 0.5) is 4.39 Å². The predicted octanol–water partition coefficient (Wildman–Crippen LogP) is 2.22. The Hall–Kier alpha value is -1.43. The summed E-state index contributed by atoms with van der Waals surface area (Å²) in [6.45, 7) is 1.81. The molecule has 0 aromatic heterocycles. The van der Waals surface area contributed by atoms with Crippen molar-refractivity contribution in [3.8, 4) is 0 Å². The number of hydrogen-bond donors (Lipinski definition) is 0. The fraction of sp³-hybridized carbons (Fsp3) is 0.333. The second kappa shape index (κ2) is 6.49. The molecule has 4 nitrogen and oxygen atoms in total. The highest BCUT2D eigenvalue weighted by molar-refractivity contribution is 9.10. The molecular weight excluding hydrogens is 305 g/mol. The van der Waals surface area contributed by atoms with Gasteiger partial charge in [0.25, 0.3) is 5.91 Å². The Kier molecular flexibility index (Phi) is 5.27. The van der Waals surface area contributed by atoms with E-state index in [1.807, 2.05) is 0 Å². The van der Waals surface area contributed by atoms with Gasteiger partial charge in [0.15, 0.2) is 0 Å². The Morgan fingerprint density at radius 1 is 1.44 bits per heavy atom. The molecule has 0 aliphatic rings. The molecule has 18 heavy (non-hydrogen) atoms. The summed E-state index contributed by atoms with van der Waals surface area (Å²) in [5.41, 5.74) is -0.0658. The van der Waals surface area contributed by atoms with Crippen LogP contribution in [0.1, 0.15) is 17.3 Å². The first-order valence-electron chi connectivity index (χ1n) is 5.30. The van der Waals surface area contributed by atoms with Crippen molar-refractivity contribution in [3.05, 3.63) is 34.1 Å². The molecule has 0 heterocycles. The van der Waals surface area contributed by atoms with E-state index in [1.165, 1.54) is 24.1 Å². The molecule has 0 aliphatic carbocycles. The van der Waals surface area contributed by atoms with E-state index in [0.717, 1.165) is 0 Å². The lowest BCUT2D eigenvalue weighted by atomic mass is 10.2. The van der Waals surface area contributed by atoms with Crippen LogP contribution in [0, 0.1) is 5.82 Å². The third-order valence-electron chi connectivity index (χ3n) is 2.38. The van der Waals surface area contributed by atoms with Gasteiger partial charge in [-0.1, -0.05) is 15.9 Å². The molecule has 1 aromatic rings. The summed E-state index contributed by atoms with van der Waals surface area (Å²) < 4.78 is 18.7. The number of halogens is 2. The second-order valence-electron chi connectivity index (χ2n) is 3.52. The van der Waals surface area contributed by atoms with Gasteiger partial charge in [-0.2, -0.15) is 0 Å². The zero-order chi connectivity index (χ0) is 13.7. The summed E-state index contributed by atoms with van der Waals surface area (Å²) >= 11 is 3.11. The Labute approximate surface area is 113 Å². The number of rotatable bonds is 4. The molecule has 0 N–H and O–H groups in total. The SMILES string of the molecule is CCN(CC(=O)OC)C(=O)c1ccc(Br)cc1F. The van der Waals surface area contributed by atoms with Crippen molar-refractivity contribution >= 4 is 27.8 Å². The van der Waals surface area contributed by atoms with E-state index in [0.29, 0.717) is 11.0 Å². The number of likely N-dealkylation sites (N-methyl/N-ethyl adjacent to an activating group) is 1. The second-order valence-corrected chi connectivity index (χ2v) is 4.44. The molecule has 1 aromatic carbocycles. The van der Waals surface area contributed by atoms with Crippen molar-refractivity contribution < 1.29 is 18.7 Å². The van der Waals surface area contributed by atoms with Gasteiger partial charge >= 0.3 is 5.97 Å². The van der Waals surface area contributed by atoms with E-state index < -0.39 is 17.7 Å². The standard InChI is InChI=1S/C12H13BrFNO3/c1-3-15(7-11(16)18-2)12(17)9-5-4-8(13)6-10(9)14/h4-6H,3,7H2,1-2H3. The number of methoxy groups -OCH3 is 1. The average molecular weight is 318 g/mol. The van der Waals surface area contributed by atoms with E-state index >= 15 is 0 Å². The Bertz CT molecular complexity index is 465. The largest absolute Gasteiger partial charge is 0.468 e. The topological polar surface area (TPSA) is 46.6 Å². The van der Waals surface area contributed by atoms with Crippen molar-refractivity contribution in [3.63, 3.8) is 0 Å². The fourth-order valence-electron chi connectivity index (χ4n) is 1.38. The molecule has 0 unspecified atom stereocenters. The third kappa shape index (κ3) is 3.53. The van der Waals surface area contributed by atoms with Crippen molar-refractivity contribution in [1.82, 2.24) is 4.90 Å². The Balaban J connectivity index is 2.93. The van der Waals surface area contributed by atoms with Gasteiger partial charge in [-0.25, -0.2) is 4.39 Å². The van der Waals surface area contributed by atoms with Crippen LogP contribution in [0.25, 0.3) is 0 Å². The average Bonchev–Trinajstić information content (AvgIpc) is 2.34. The van der Waals surface area contributed by atoms with Gasteiger partial charge < -0.3 is 9.64 Å². The van der Waals surface area contributed by atoms with Gasteiger partial charge in [-0.3, -0.25) is 9.59 Å². The molecule has 0 radical (unpaired) electrons. The van der Waals surface area contributed by atoms with Crippen LogP contribution in [0.5, 0.6) is 0 Å². The van der Waals surface area contributed by atoms with Crippen molar-refractivity contribution in [2.24, 2.45) is 0 Å². The highest BCUT2D eigenvalue weighted by Gasteiger charge is 2.20. The molecule has 6 heteroatoms. The van der Waals surface area contributed by atoms with E-state index in [9.17, 15) is 14.0 Å². The van der Waals surface area contributed by atoms with Crippen LogP contribution in [-0.4, -0.2) is 37.0 Å². The number of nitrogens with zero attached hydrogens (tertiary/aromatic N) is 1. The van der Waals surface area contributed by atoms with Crippen LogP contribution in [0.2, 0.25) is 0 Å². The molecule has 1 rings (SSSR count). The zero-order valence-corrected chi connectivity index (χ0v) is 11.7. The van der Waals surface area contributed by atoms with Crippen LogP contribution in [0.15, 0.2) is 22.7 Å². The number of esters is 1. The van der Waals surface area contributed by atoms with E-state index in [4.69, 9.17) is 0 Å². The third-order valence-corrected chi connectivity index (χ3v) is 2.87. The van der Waals surface area contributed by atoms with Crippen molar-refractivity contribution in [2.75, 3.05) is 20.2 Å². The lowest BCUT2D eigenvalue weighted by Crippen LogP contribution is -2.36. The van der Waals surface area contributed by atoms with E-state index in [-0.39, 0.29) is 12.1 Å². The Morgan fingerprint density at radius 2 is 2.11 bits per heavy atom. The molecule has 1 amide bonds. The lowest BCUT2D eigenvalue weighted by Gasteiger charge is -2.19. The van der Waals surface area contributed by atoms with Crippen LogP contribution >= 0.6 is 15.9 Å². The minimum absolute atomic E-state index is 0.0658. The van der Waals surface area contributed by atoms with Gasteiger partial charge in [0.2, 0.25) is 0 Å². The first-order chi connectivity index (χ1) is 8.49. The highest BCUT2D eigenvalue weighted by atomic mass is 79.9. The molecule has 0 spiro atoms. The fourth-order valence-corrected chi connectivity index (χ4v) is 1.71. The quantitative estimate of drug-likeness (QED) is 0.800. The van der Waals surface area contributed by atoms with Crippen LogP contribution < -0.4 is 0 Å². The molecule has 0 aliphatic heterocycles. The van der Waals surface area contributed by atoms with Gasteiger partial charge in [-0.15, -0.1) is 0 Å². The molecule has 98 valence electrons. The van der Waals surface area contributed by atoms with Crippen molar-refractivity contribution in [2.45, 2.75) is 6.92 Å². The summed E-state index contributed by atoms with van der Waals surface area (Å²) in [5, 5.41) is 0. The molecule has 0 bridgehead atoms. The number of carbonyl (C=O) groups excluding carboxylic acids is 2. The normalized spacial score (nSPS) is 10.0. The minimum Gasteiger partial charge on any atom is -0.468 e. The van der Waals surface area contributed by atoms with E-state index in [2.05, 4.69) is 20.7 Å². The van der Waals surface area contributed by atoms with Crippen molar-refractivity contribution in [1.29, 1.82) is 0 Å². The number of ether oxygens (including phenoxy) is 1. The maximum atomic E-state index is 13.6. The predicted molar refractivity (Wildman–Crippen MR) is 67.7 cm³/mol. The van der Waals surface area contributed by atoms with Gasteiger partial charge in [0.1, 0.15) is 12.4 Å². The zero-order valence-electron chi connectivity index (χ0n) is 10.1. The number of benzene rings is 1. The molecule has 0 saturated heterocycles. The Morgan fingerprint density at radius 3 is 2.61 bits per heavy atom. The first-order valence-corrected chi connectivity index (χ1v) is 6.10. The smallest absolute Gasteiger partial charge is 0.325 e. The number of hydrogen-bond acceptors (Lipinski definition) is 3. The first kappa shape index (κ1) is 14.6. The van der Waals surface area contributed by atoms with Gasteiger partial charge in [0.05, 0.1) is 12.7 Å². The molecule has 0 saturated carbocycles. The van der Waals surface area contributed by atoms with E-state index in [1.54, 1.807) is 13.0 Å². The van der Waals surface area contributed by atoms with Gasteiger partial charge in [0, 0.05) is 11.0 Å². The summed E-state index contributed by atoms with van der Waals surface area (Å²) in [6, 6.07) is 4.16. The molecular formula is C12H13BrFNO3. The summed E-state index contributed by atoms with van der Waals surface area (Å²) in [5.74, 6) is -1.70. The monoisotopic (exact) mass is 317 g/mol. The summed E-state index contributed by atoms with van der Waals surface area (Å²) in [7, 11) is 1.24. The maximum absolute atomic E-state index is 13.6. The van der Waals surface area contributed by atoms with Gasteiger partial charge in [-0.05, 0) is 25.1 Å².